The second kappa shape index (κ2) is 14.0. The molecule has 2 N–H and O–H groups in total. The number of unbranched alkanes of at least 4 members (excludes halogenated alkanes) is 1. The number of guanidine groups is 1. The summed E-state index contributed by atoms with van der Waals surface area (Å²) in [6.45, 7) is 9.24. The predicted octanol–water partition coefficient (Wildman–Crippen LogP) is 2.58. The van der Waals surface area contributed by atoms with Gasteiger partial charge in [0, 0.05) is 19.7 Å². The van der Waals surface area contributed by atoms with Gasteiger partial charge in [-0.05, 0) is 18.9 Å². The van der Waals surface area contributed by atoms with Crippen LogP contribution in [0.1, 0.15) is 32.3 Å². The summed E-state index contributed by atoms with van der Waals surface area (Å²) in [5, 5.41) is 6.51. The summed E-state index contributed by atoms with van der Waals surface area (Å²) >= 11 is 0. The van der Waals surface area contributed by atoms with E-state index in [0.717, 1.165) is 32.1 Å². The van der Waals surface area contributed by atoms with Gasteiger partial charge in [-0.2, -0.15) is 0 Å². The highest BCUT2D eigenvalue weighted by molar-refractivity contribution is 5.79. The molecule has 0 aliphatic heterocycles. The molecule has 0 amide bonds. The summed E-state index contributed by atoms with van der Waals surface area (Å²) < 4.78 is 11.0. The van der Waals surface area contributed by atoms with Crippen LogP contribution in [0.25, 0.3) is 0 Å². The van der Waals surface area contributed by atoms with E-state index < -0.39 is 0 Å². The number of nitrogens with zero attached hydrogens (tertiary/aromatic N) is 1. The van der Waals surface area contributed by atoms with Crippen molar-refractivity contribution in [3.63, 3.8) is 0 Å². The van der Waals surface area contributed by atoms with E-state index in [9.17, 15) is 0 Å². The first-order chi connectivity index (χ1) is 11.4. The Morgan fingerprint density at radius 1 is 0.957 bits per heavy atom. The fourth-order valence-electron chi connectivity index (χ4n) is 1.91. The lowest BCUT2D eigenvalue weighted by Gasteiger charge is -2.11. The minimum Gasteiger partial charge on any atom is -0.379 e. The molecule has 0 bridgehead atoms. The molecule has 0 spiro atoms. The Hall–Kier alpha value is -1.59. The molecule has 0 saturated heterocycles. The van der Waals surface area contributed by atoms with E-state index >= 15 is 0 Å². The molecule has 0 atom stereocenters. The quantitative estimate of drug-likeness (QED) is 0.353. The lowest BCUT2D eigenvalue weighted by atomic mass is 10.2. The van der Waals surface area contributed by atoms with Crippen LogP contribution in [-0.4, -0.2) is 45.5 Å². The highest BCUT2D eigenvalue weighted by Gasteiger charge is 1.97. The summed E-state index contributed by atoms with van der Waals surface area (Å²) in [5.74, 6) is 0.819. The predicted molar refractivity (Wildman–Crippen MR) is 95.8 cm³/mol. The van der Waals surface area contributed by atoms with E-state index in [-0.39, 0.29) is 0 Å². The van der Waals surface area contributed by atoms with Gasteiger partial charge in [0.15, 0.2) is 5.96 Å². The number of hydrogen-bond donors (Lipinski definition) is 2. The van der Waals surface area contributed by atoms with Crippen LogP contribution in [0.5, 0.6) is 0 Å². The first-order valence-corrected chi connectivity index (χ1v) is 8.58. The Morgan fingerprint density at radius 2 is 1.70 bits per heavy atom. The van der Waals surface area contributed by atoms with Crippen LogP contribution in [0.4, 0.5) is 0 Å². The fraction of sp³-hybridized carbons (Fsp3) is 0.611. The Kier molecular flexibility index (Phi) is 11.9. The van der Waals surface area contributed by atoms with Crippen LogP contribution >= 0.6 is 0 Å². The van der Waals surface area contributed by atoms with Crippen molar-refractivity contribution in [3.8, 4) is 0 Å². The van der Waals surface area contributed by atoms with Crippen molar-refractivity contribution in [1.29, 1.82) is 0 Å². The zero-order valence-electron chi connectivity index (χ0n) is 14.5. The van der Waals surface area contributed by atoms with Gasteiger partial charge in [-0.1, -0.05) is 43.7 Å². The molecule has 23 heavy (non-hydrogen) atoms. The molecule has 0 aliphatic rings. The van der Waals surface area contributed by atoms with Crippen LogP contribution in [0.15, 0.2) is 35.3 Å². The summed E-state index contributed by atoms with van der Waals surface area (Å²) in [5.41, 5.74) is 1.20. The lowest BCUT2D eigenvalue weighted by Crippen LogP contribution is -2.39. The van der Waals surface area contributed by atoms with E-state index in [2.05, 4.69) is 41.6 Å². The maximum atomic E-state index is 5.53. The number of benzene rings is 1. The molecule has 5 heteroatoms. The second-order valence-corrected chi connectivity index (χ2v) is 5.19. The van der Waals surface area contributed by atoms with Crippen molar-refractivity contribution < 1.29 is 9.47 Å². The molecule has 0 unspecified atom stereocenters. The molecule has 1 rings (SSSR count). The molecule has 1 aromatic rings. The van der Waals surface area contributed by atoms with Crippen molar-refractivity contribution in [1.82, 2.24) is 10.6 Å². The van der Waals surface area contributed by atoms with Crippen LogP contribution in [-0.2, 0) is 16.0 Å². The third kappa shape index (κ3) is 10.7. The summed E-state index contributed by atoms with van der Waals surface area (Å²) in [7, 11) is 0. The third-order valence-corrected chi connectivity index (χ3v) is 3.16. The van der Waals surface area contributed by atoms with Crippen LogP contribution in [0.2, 0.25) is 0 Å². The zero-order valence-corrected chi connectivity index (χ0v) is 14.5. The normalized spacial score (nSPS) is 11.5. The lowest BCUT2D eigenvalue weighted by molar-refractivity contribution is 0.0487. The van der Waals surface area contributed by atoms with E-state index in [4.69, 9.17) is 9.47 Å². The van der Waals surface area contributed by atoms with Crippen molar-refractivity contribution >= 4 is 5.96 Å². The minimum absolute atomic E-state index is 0.642. The first-order valence-electron chi connectivity index (χ1n) is 8.58. The number of hydrogen-bond acceptors (Lipinski definition) is 3. The van der Waals surface area contributed by atoms with Crippen LogP contribution < -0.4 is 10.6 Å². The molecular weight excluding hydrogens is 290 g/mol. The number of aliphatic imine (C=N–C) groups is 1. The van der Waals surface area contributed by atoms with Crippen molar-refractivity contribution in [3.05, 3.63) is 35.9 Å². The largest absolute Gasteiger partial charge is 0.379 e. The second-order valence-electron chi connectivity index (χ2n) is 5.19. The molecular formula is C18H31N3O2. The summed E-state index contributed by atoms with van der Waals surface area (Å²) in [6, 6.07) is 10.2. The third-order valence-electron chi connectivity index (χ3n) is 3.16. The maximum absolute atomic E-state index is 5.53. The van der Waals surface area contributed by atoms with Crippen molar-refractivity contribution in [2.45, 2.75) is 33.2 Å². The van der Waals surface area contributed by atoms with Gasteiger partial charge in [0.2, 0.25) is 0 Å². The molecule has 1 aromatic carbocycles. The van der Waals surface area contributed by atoms with Crippen molar-refractivity contribution in [2.24, 2.45) is 4.99 Å². The van der Waals surface area contributed by atoms with Gasteiger partial charge in [0.25, 0.3) is 0 Å². The Bertz CT molecular complexity index is 410. The molecule has 0 heterocycles. The number of rotatable bonds is 12. The molecule has 5 nitrogen and oxygen atoms in total. The molecule has 0 fully saturated rings. The van der Waals surface area contributed by atoms with E-state index in [1.165, 1.54) is 12.0 Å². The smallest absolute Gasteiger partial charge is 0.191 e. The molecule has 0 aromatic heterocycles. The molecule has 0 aliphatic carbocycles. The first kappa shape index (κ1) is 19.5. The van der Waals surface area contributed by atoms with Crippen LogP contribution in [0.3, 0.4) is 0 Å². The highest BCUT2D eigenvalue weighted by atomic mass is 16.5. The van der Waals surface area contributed by atoms with Gasteiger partial charge in [0.05, 0.1) is 26.4 Å². The summed E-state index contributed by atoms with van der Waals surface area (Å²) in [4.78, 5) is 4.57. The highest BCUT2D eigenvalue weighted by Crippen LogP contribution is 1.99. The van der Waals surface area contributed by atoms with E-state index in [1.54, 1.807) is 0 Å². The van der Waals surface area contributed by atoms with Gasteiger partial charge >= 0.3 is 0 Å². The van der Waals surface area contributed by atoms with Gasteiger partial charge in [0.1, 0.15) is 0 Å². The van der Waals surface area contributed by atoms with E-state index in [0.29, 0.717) is 26.4 Å². The van der Waals surface area contributed by atoms with Gasteiger partial charge in [-0.25, -0.2) is 4.99 Å². The van der Waals surface area contributed by atoms with Gasteiger partial charge in [-0.3, -0.25) is 0 Å². The average molecular weight is 321 g/mol. The Balaban J connectivity index is 2.13. The number of ether oxygens (including phenoxy) is 2. The maximum Gasteiger partial charge on any atom is 0.191 e. The van der Waals surface area contributed by atoms with E-state index in [1.807, 2.05) is 18.2 Å². The van der Waals surface area contributed by atoms with Gasteiger partial charge in [-0.15, -0.1) is 0 Å². The average Bonchev–Trinajstić information content (AvgIpc) is 2.59. The molecule has 0 radical (unpaired) electrons. The SMILES string of the molecule is CCCCOCCOCCNC(=NCc1ccccc1)NCC. The topological polar surface area (TPSA) is 54.9 Å². The monoisotopic (exact) mass is 321 g/mol. The molecule has 0 saturated carbocycles. The summed E-state index contributed by atoms with van der Waals surface area (Å²) in [6.07, 6.45) is 2.28. The van der Waals surface area contributed by atoms with Gasteiger partial charge < -0.3 is 20.1 Å². The fourth-order valence-corrected chi connectivity index (χ4v) is 1.91. The zero-order chi connectivity index (χ0) is 16.6. The Morgan fingerprint density at radius 3 is 2.39 bits per heavy atom. The number of nitrogens with one attached hydrogen (secondary N) is 2. The standard InChI is InChI=1S/C18H31N3O2/c1-3-5-12-22-14-15-23-13-11-20-18(19-4-2)21-16-17-9-7-6-8-10-17/h6-10H,3-5,11-16H2,1-2H3,(H2,19,20,21). The molecule has 130 valence electrons. The minimum atomic E-state index is 0.642. The Labute approximate surface area is 140 Å². The van der Waals surface area contributed by atoms with Crippen LogP contribution in [0, 0.1) is 0 Å². The van der Waals surface area contributed by atoms with Crippen molar-refractivity contribution in [2.75, 3.05) is 39.5 Å².